The van der Waals surface area contributed by atoms with Crippen molar-refractivity contribution < 1.29 is 57.8 Å². The predicted octanol–water partition coefficient (Wildman–Crippen LogP) is 21.1. The largest absolute Gasteiger partial charge is 0.497 e. The molecule has 0 aliphatic rings. The van der Waals surface area contributed by atoms with Gasteiger partial charge in [0.25, 0.3) is 0 Å². The Kier molecular flexibility index (Phi) is 38.8. The van der Waals surface area contributed by atoms with Crippen LogP contribution in [0, 0.1) is 74.8 Å². The molecule has 10 rings (SSSR count). The van der Waals surface area contributed by atoms with Crippen LogP contribution in [0.3, 0.4) is 0 Å². The zero-order valence-electron chi connectivity index (χ0n) is 61.4. The topological polar surface area (TPSA) is 348 Å². The molecule has 0 aromatic heterocycles. The average Bonchev–Trinajstić information content (AvgIpc) is 0.860. The van der Waals surface area contributed by atoms with Crippen molar-refractivity contribution in [3.63, 3.8) is 0 Å². The van der Waals surface area contributed by atoms with Gasteiger partial charge in [0.15, 0.2) is 64.6 Å². The van der Waals surface area contributed by atoms with Crippen LogP contribution in [0.4, 0.5) is 82.4 Å². The van der Waals surface area contributed by atoms with Crippen LogP contribution >= 0.6 is 117 Å². The van der Waals surface area contributed by atoms with E-state index in [-0.39, 0.29) is 87.1 Å². The summed E-state index contributed by atoms with van der Waals surface area (Å²) in [7, 11) is 3.22. The number of rotatable bonds is 24. The van der Waals surface area contributed by atoms with Crippen LogP contribution in [0.15, 0.2) is 218 Å². The molecule has 18 N–H and O–H groups in total. The van der Waals surface area contributed by atoms with Crippen LogP contribution in [-0.2, 0) is 46.0 Å². The van der Waals surface area contributed by atoms with Crippen molar-refractivity contribution in [2.75, 3.05) is 14.2 Å². The van der Waals surface area contributed by atoms with Crippen molar-refractivity contribution in [3.8, 4) is 11.5 Å². The first-order valence-electron chi connectivity index (χ1n) is 33.4. The summed E-state index contributed by atoms with van der Waals surface area (Å²) < 4.78 is 158. The highest BCUT2D eigenvalue weighted by Gasteiger charge is 2.16. The monoisotopic (exact) mass is 1800 g/mol. The summed E-state index contributed by atoms with van der Waals surface area (Å²) in [6.45, 7) is 0. The molecular weight excluding hydrogens is 1730 g/mol. The highest BCUT2D eigenvalue weighted by molar-refractivity contribution is 8.15. The lowest BCUT2D eigenvalue weighted by atomic mass is 10.1. The molecular formula is C78H71Cl2F11N16O2S8. The number of ether oxygens (including phenoxy) is 2. The lowest BCUT2D eigenvalue weighted by Gasteiger charge is -2.10. The van der Waals surface area contributed by atoms with E-state index in [2.05, 4.69) is 30.0 Å². The van der Waals surface area contributed by atoms with Crippen LogP contribution in [-0.4, -0.2) is 55.6 Å². The fraction of sp³-hybridized carbons (Fsp3) is 0.128. The van der Waals surface area contributed by atoms with Gasteiger partial charge in [0, 0.05) is 58.2 Å². The average molecular weight is 1800 g/mol. The summed E-state index contributed by atoms with van der Waals surface area (Å²) in [4.78, 5) is 25.0. The molecule has 0 spiro atoms. The number of benzene rings is 10. The molecule has 117 heavy (non-hydrogen) atoms. The Labute approximate surface area is 710 Å². The Bertz CT molecular complexity index is 5260. The van der Waals surface area contributed by atoms with Gasteiger partial charge in [0.1, 0.15) is 63.6 Å². The van der Waals surface area contributed by atoms with Gasteiger partial charge in [0.2, 0.25) is 0 Å². The van der Waals surface area contributed by atoms with E-state index in [9.17, 15) is 48.3 Å². The standard InChI is InChI=1S/C24H25FN4O2S2.C22H17Cl2F3N4S2.C22H17F5N4S2.C10H12F2N4S2/c1-30-21-9-5-19(6-10-21)28-23(26)32-14-16-3-4-18(25)13-17(16)15-33-24(27)29-20-7-11-22(31-2)12-8-20;23-17-8-15(3-5-19(17)26)30-21(28)32-10-12-1-2-14(25)7-13(12)11-33-22(29)31-16-4-6-20(27)18(24)9-16;23-14-2-1-12(10-32-21(28)30-19-5-3-15(24)8-17(19)26)13(7-14)11-33-22(29)31-20-6-4-16(25)9-18(20)27;11-7-1-5(3-17-9(13)14)6(2-8(7)12)4-18-10(15)16/h3-13H,14-15H2,1-2H3,(H2,26,28)(H2,27,29);2*1-9H,10-11H2,(H2,28,30)(H2,29,31);1-2H,3-4H2,(H3,13,14)(H3,15,16). The van der Waals surface area contributed by atoms with Crippen molar-refractivity contribution in [3.05, 3.63) is 307 Å². The molecule has 10 aromatic carbocycles. The molecule has 39 heteroatoms. The maximum atomic E-state index is 13.9. The summed E-state index contributed by atoms with van der Waals surface area (Å²) in [5.74, 6) is -2.90. The minimum atomic E-state index is -0.939. The molecule has 0 saturated heterocycles. The third-order valence-corrected chi connectivity index (χ3v) is 22.1. The van der Waals surface area contributed by atoms with Gasteiger partial charge in [-0.15, -0.1) is 0 Å². The van der Waals surface area contributed by atoms with Crippen molar-refractivity contribution in [2.24, 2.45) is 75.8 Å². The van der Waals surface area contributed by atoms with Crippen LogP contribution in [0.1, 0.15) is 44.5 Å². The number of aliphatic imine (C=N–C) groups is 6. The minimum absolute atomic E-state index is 0.0104. The van der Waals surface area contributed by atoms with Gasteiger partial charge in [-0.05, 0) is 202 Å². The van der Waals surface area contributed by atoms with Gasteiger partial charge in [-0.2, -0.15) is 0 Å². The number of nitrogens with two attached hydrogens (primary N) is 8. The zero-order chi connectivity index (χ0) is 85.3. The SMILES string of the molecule is COc1ccc(N=C(N)SCc2ccc(F)cc2CSC(N)=Nc2ccc(OC)cc2)cc1.N=C(N)SCc1cc(F)c(F)cc1CSC(=N)N.NC(=Nc1ccc(F)c(Cl)c1)SCc1ccc(F)cc1CSC(N)=Nc1ccc(F)c(Cl)c1.NC(=Nc1ccc(F)cc1F)SCc1ccc(F)cc1CSC(N)=Nc1ccc(F)cc1F. The first-order valence-corrected chi connectivity index (χ1v) is 42.0. The fourth-order valence-corrected chi connectivity index (χ4v) is 15.2. The number of methoxy groups -OCH3 is 2. The number of nitrogens with one attached hydrogen (secondary N) is 2. The maximum Gasteiger partial charge on any atom is 0.159 e. The lowest BCUT2D eigenvalue weighted by molar-refractivity contribution is 0.415. The first-order chi connectivity index (χ1) is 55.8. The number of hydrogen-bond donors (Lipinski definition) is 10. The van der Waals surface area contributed by atoms with Gasteiger partial charge in [-0.25, -0.2) is 78.2 Å². The van der Waals surface area contributed by atoms with Gasteiger partial charge in [-0.3, -0.25) is 10.8 Å². The highest BCUT2D eigenvalue weighted by Crippen LogP contribution is 2.33. The van der Waals surface area contributed by atoms with E-state index >= 15 is 0 Å². The van der Waals surface area contributed by atoms with Crippen molar-refractivity contribution in [2.45, 2.75) is 46.0 Å². The van der Waals surface area contributed by atoms with Crippen molar-refractivity contribution in [1.29, 1.82) is 10.8 Å². The smallest absolute Gasteiger partial charge is 0.159 e. The molecule has 0 amide bonds. The Morgan fingerprint density at radius 1 is 0.274 bits per heavy atom. The Morgan fingerprint density at radius 3 is 0.803 bits per heavy atom. The molecule has 0 atom stereocenters. The number of thioether (sulfide) groups is 8. The van der Waals surface area contributed by atoms with E-state index in [0.717, 1.165) is 117 Å². The van der Waals surface area contributed by atoms with Crippen LogP contribution in [0.5, 0.6) is 11.5 Å². The van der Waals surface area contributed by atoms with E-state index in [0.29, 0.717) is 84.7 Å². The molecule has 0 unspecified atom stereocenters. The predicted molar refractivity (Wildman–Crippen MR) is 469 cm³/mol. The number of nitrogens with zero attached hydrogens (tertiary/aromatic N) is 6. The van der Waals surface area contributed by atoms with Crippen LogP contribution in [0.25, 0.3) is 0 Å². The summed E-state index contributed by atoms with van der Waals surface area (Å²) in [6.07, 6.45) is 0. The maximum absolute atomic E-state index is 13.9. The summed E-state index contributed by atoms with van der Waals surface area (Å²) in [6, 6.07) is 44.0. The van der Waals surface area contributed by atoms with E-state index < -0.39 is 52.4 Å². The quantitative estimate of drug-likeness (QED) is 0.0153. The molecule has 0 bridgehead atoms. The van der Waals surface area contributed by atoms with Crippen LogP contribution < -0.4 is 55.3 Å². The molecule has 10 aromatic rings. The lowest BCUT2D eigenvalue weighted by Crippen LogP contribution is -2.08. The fourth-order valence-electron chi connectivity index (χ4n) is 9.23. The zero-order valence-corrected chi connectivity index (χ0v) is 69.4. The minimum Gasteiger partial charge on any atom is -0.497 e. The summed E-state index contributed by atoms with van der Waals surface area (Å²) in [5.41, 5.74) is 54.0. The molecule has 0 heterocycles. The summed E-state index contributed by atoms with van der Waals surface area (Å²) in [5, 5.41) is 15.2. The van der Waals surface area contributed by atoms with Gasteiger partial charge in [0.05, 0.1) is 47.0 Å². The first kappa shape index (κ1) is 94.3. The Balaban J connectivity index is 0.000000220. The van der Waals surface area contributed by atoms with Gasteiger partial charge in [-0.1, -0.05) is 135 Å². The van der Waals surface area contributed by atoms with E-state index in [4.69, 9.17) is 89.4 Å². The number of amidine groups is 8. The Morgan fingerprint density at radius 2 is 0.521 bits per heavy atom. The second kappa shape index (κ2) is 48.1. The molecule has 0 saturated carbocycles. The molecule has 0 aliphatic carbocycles. The normalized spacial score (nSPS) is 11.9. The molecule has 0 aliphatic heterocycles. The third-order valence-electron chi connectivity index (χ3n) is 15.0. The Hall–Kier alpha value is -9.83. The molecule has 0 fully saturated rings. The van der Waals surface area contributed by atoms with Gasteiger partial charge < -0.3 is 55.3 Å². The second-order valence-electron chi connectivity index (χ2n) is 23.3. The highest BCUT2D eigenvalue weighted by atomic mass is 35.5. The third kappa shape index (κ3) is 33.6. The summed E-state index contributed by atoms with van der Waals surface area (Å²) >= 11 is 20.9. The van der Waals surface area contributed by atoms with Crippen molar-refractivity contribution in [1.82, 2.24) is 0 Å². The van der Waals surface area contributed by atoms with Crippen LogP contribution in [0.2, 0.25) is 10.0 Å². The van der Waals surface area contributed by atoms with E-state index in [1.54, 1.807) is 32.4 Å². The molecule has 614 valence electrons. The second-order valence-corrected chi connectivity index (χ2v) is 32.1. The molecule has 0 radical (unpaired) electrons. The number of halogens is 13. The van der Waals surface area contributed by atoms with E-state index in [1.165, 1.54) is 126 Å². The van der Waals surface area contributed by atoms with E-state index in [1.807, 2.05) is 48.5 Å². The van der Waals surface area contributed by atoms with Crippen molar-refractivity contribution >= 4 is 193 Å². The molecule has 18 nitrogen and oxygen atoms in total. The van der Waals surface area contributed by atoms with Gasteiger partial charge >= 0.3 is 0 Å². The number of hydrogen-bond acceptors (Lipinski definition) is 18.